The summed E-state index contributed by atoms with van der Waals surface area (Å²) in [6, 6.07) is 12.7. The fourth-order valence-electron chi connectivity index (χ4n) is 2.97. The van der Waals surface area contributed by atoms with Crippen LogP contribution in [0.15, 0.2) is 52.3 Å². The Kier molecular flexibility index (Phi) is 5.76. The van der Waals surface area contributed by atoms with Gasteiger partial charge in [-0.15, -0.1) is 0 Å². The largest absolute Gasteiger partial charge is 0.378 e. The van der Waals surface area contributed by atoms with E-state index in [0.29, 0.717) is 13.2 Å². The van der Waals surface area contributed by atoms with Crippen molar-refractivity contribution in [1.82, 2.24) is 5.48 Å². The predicted molar refractivity (Wildman–Crippen MR) is 94.4 cm³/mol. The zero-order chi connectivity index (χ0) is 17.9. The number of hydrogen-bond donors (Lipinski definition) is 2. The highest BCUT2D eigenvalue weighted by Gasteiger charge is 2.37. The van der Waals surface area contributed by atoms with Gasteiger partial charge in [0.15, 0.2) is 0 Å². The Morgan fingerprint density at radius 1 is 1.24 bits per heavy atom. The van der Waals surface area contributed by atoms with Crippen LogP contribution in [-0.4, -0.2) is 25.5 Å². The number of rotatable bonds is 6. The smallest absolute Gasteiger partial charge is 0.124 e. The molecule has 1 aliphatic rings. The second kappa shape index (κ2) is 7.85. The molecule has 25 heavy (non-hydrogen) atoms. The van der Waals surface area contributed by atoms with Gasteiger partial charge in [-0.3, -0.25) is 0 Å². The molecule has 1 saturated heterocycles. The molecule has 2 atom stereocenters. The van der Waals surface area contributed by atoms with Crippen LogP contribution in [0.1, 0.15) is 30.5 Å². The minimum absolute atomic E-state index is 0.135. The van der Waals surface area contributed by atoms with Crippen LogP contribution in [-0.2, 0) is 15.1 Å². The Hall–Kier alpha value is -1.44. The molecule has 0 saturated carbocycles. The van der Waals surface area contributed by atoms with E-state index in [1.807, 2.05) is 37.3 Å². The highest BCUT2D eigenvalue weighted by atomic mass is 32.2. The van der Waals surface area contributed by atoms with Crippen LogP contribution >= 0.6 is 11.8 Å². The second-order valence-electron chi connectivity index (χ2n) is 6.20. The lowest BCUT2D eigenvalue weighted by molar-refractivity contribution is -0.0216. The molecule has 2 unspecified atom stereocenters. The zero-order valence-electron chi connectivity index (χ0n) is 14.3. The van der Waals surface area contributed by atoms with Gasteiger partial charge in [0.2, 0.25) is 0 Å². The predicted octanol–water partition coefficient (Wildman–Crippen LogP) is 4.28. The number of benzene rings is 2. The number of hydroxylamine groups is 1. The van der Waals surface area contributed by atoms with Crippen LogP contribution < -0.4 is 5.48 Å². The summed E-state index contributed by atoms with van der Waals surface area (Å²) in [5.74, 6) is -0.280. The van der Waals surface area contributed by atoms with Crippen molar-refractivity contribution in [1.29, 1.82) is 0 Å². The summed E-state index contributed by atoms with van der Waals surface area (Å²) in [5, 5.41) is 8.99. The normalized spacial score (nSPS) is 21.4. The Labute approximate surface area is 151 Å². The van der Waals surface area contributed by atoms with Crippen molar-refractivity contribution in [3.63, 3.8) is 0 Å². The quantitative estimate of drug-likeness (QED) is 0.751. The standard InChI is InChI=1S/C19H22FNO3S/c1-13(21-22)14-3-5-17(6-4-14)25-18-10-15(9-16(20)11-18)19(23-2)7-8-24-12-19/h3-6,9-11,13,21-22H,7-8,12H2,1-2H3. The van der Waals surface area contributed by atoms with E-state index in [-0.39, 0.29) is 11.9 Å². The summed E-state index contributed by atoms with van der Waals surface area (Å²) in [6.45, 7) is 2.93. The van der Waals surface area contributed by atoms with Gasteiger partial charge in [0.25, 0.3) is 0 Å². The molecule has 2 aromatic carbocycles. The van der Waals surface area contributed by atoms with Crippen LogP contribution in [0.3, 0.4) is 0 Å². The van der Waals surface area contributed by atoms with E-state index in [9.17, 15) is 4.39 Å². The topological polar surface area (TPSA) is 50.7 Å². The number of halogens is 1. The molecule has 6 heteroatoms. The van der Waals surface area contributed by atoms with Gasteiger partial charge in [0.1, 0.15) is 11.4 Å². The van der Waals surface area contributed by atoms with E-state index in [4.69, 9.17) is 14.7 Å². The summed E-state index contributed by atoms with van der Waals surface area (Å²) in [6.07, 6.45) is 0.720. The Morgan fingerprint density at radius 3 is 2.60 bits per heavy atom. The molecule has 0 spiro atoms. The molecule has 0 aliphatic carbocycles. The van der Waals surface area contributed by atoms with E-state index in [0.717, 1.165) is 27.3 Å². The summed E-state index contributed by atoms with van der Waals surface area (Å²) in [5.41, 5.74) is 3.45. The minimum atomic E-state index is -0.566. The van der Waals surface area contributed by atoms with Crippen LogP contribution in [0.2, 0.25) is 0 Å². The maximum atomic E-state index is 14.2. The number of ether oxygens (including phenoxy) is 2. The van der Waals surface area contributed by atoms with Gasteiger partial charge < -0.3 is 14.7 Å². The fraction of sp³-hybridized carbons (Fsp3) is 0.368. The fourth-order valence-corrected chi connectivity index (χ4v) is 3.87. The Bertz CT molecular complexity index is 717. The maximum absolute atomic E-state index is 14.2. The van der Waals surface area contributed by atoms with Gasteiger partial charge in [0.05, 0.1) is 12.6 Å². The Morgan fingerprint density at radius 2 is 2.00 bits per heavy atom. The van der Waals surface area contributed by atoms with Crippen molar-refractivity contribution in [2.24, 2.45) is 0 Å². The SMILES string of the molecule is COC1(c2cc(F)cc(Sc3ccc(C(C)NO)cc3)c2)CCOC1. The molecule has 0 radical (unpaired) electrons. The van der Waals surface area contributed by atoms with Crippen molar-refractivity contribution in [3.05, 3.63) is 59.4 Å². The first-order chi connectivity index (χ1) is 12.1. The van der Waals surface area contributed by atoms with Crippen molar-refractivity contribution in [3.8, 4) is 0 Å². The van der Waals surface area contributed by atoms with Gasteiger partial charge in [-0.25, -0.2) is 4.39 Å². The van der Waals surface area contributed by atoms with Crippen LogP contribution in [0.4, 0.5) is 4.39 Å². The van der Waals surface area contributed by atoms with Gasteiger partial charge in [-0.1, -0.05) is 23.9 Å². The molecule has 4 nitrogen and oxygen atoms in total. The molecular weight excluding hydrogens is 341 g/mol. The van der Waals surface area contributed by atoms with Gasteiger partial charge in [0, 0.05) is 29.9 Å². The number of nitrogens with one attached hydrogen (secondary N) is 1. The summed E-state index contributed by atoms with van der Waals surface area (Å²) >= 11 is 1.49. The lowest BCUT2D eigenvalue weighted by atomic mass is 9.93. The van der Waals surface area contributed by atoms with E-state index in [1.54, 1.807) is 7.11 Å². The van der Waals surface area contributed by atoms with Crippen LogP contribution in [0, 0.1) is 5.82 Å². The third kappa shape index (κ3) is 4.04. The Balaban J connectivity index is 1.83. The highest BCUT2D eigenvalue weighted by molar-refractivity contribution is 7.99. The molecule has 0 amide bonds. The molecule has 2 N–H and O–H groups in total. The van der Waals surface area contributed by atoms with E-state index in [2.05, 4.69) is 5.48 Å². The molecule has 2 aromatic rings. The van der Waals surface area contributed by atoms with Crippen molar-refractivity contribution in [2.45, 2.75) is 34.8 Å². The number of hydrogen-bond acceptors (Lipinski definition) is 5. The molecule has 0 bridgehead atoms. The van der Waals surface area contributed by atoms with Gasteiger partial charge in [-0.05, 0) is 48.4 Å². The van der Waals surface area contributed by atoms with E-state index in [1.165, 1.54) is 23.9 Å². The molecule has 3 rings (SSSR count). The number of methoxy groups -OCH3 is 1. The lowest BCUT2D eigenvalue weighted by Crippen LogP contribution is -2.28. The average Bonchev–Trinajstić information content (AvgIpc) is 3.11. The zero-order valence-corrected chi connectivity index (χ0v) is 15.1. The van der Waals surface area contributed by atoms with E-state index >= 15 is 0 Å². The van der Waals surface area contributed by atoms with Crippen molar-refractivity contribution < 1.29 is 19.1 Å². The molecule has 1 fully saturated rings. The third-order valence-corrected chi connectivity index (χ3v) is 5.56. The third-order valence-electron chi connectivity index (χ3n) is 4.58. The first kappa shape index (κ1) is 18.4. The summed E-state index contributed by atoms with van der Waals surface area (Å²) in [4.78, 5) is 1.82. The first-order valence-corrected chi connectivity index (χ1v) is 8.99. The average molecular weight is 363 g/mol. The molecule has 1 aliphatic heterocycles. The van der Waals surface area contributed by atoms with Crippen LogP contribution in [0.25, 0.3) is 0 Å². The monoisotopic (exact) mass is 363 g/mol. The van der Waals surface area contributed by atoms with E-state index < -0.39 is 5.60 Å². The molecular formula is C19H22FNO3S. The molecule has 1 heterocycles. The minimum Gasteiger partial charge on any atom is -0.378 e. The van der Waals surface area contributed by atoms with Crippen LogP contribution in [0.5, 0.6) is 0 Å². The molecule has 134 valence electrons. The van der Waals surface area contributed by atoms with Gasteiger partial charge >= 0.3 is 0 Å². The van der Waals surface area contributed by atoms with Crippen molar-refractivity contribution in [2.75, 3.05) is 20.3 Å². The van der Waals surface area contributed by atoms with Crippen molar-refractivity contribution >= 4 is 11.8 Å². The second-order valence-corrected chi connectivity index (χ2v) is 7.35. The van der Waals surface area contributed by atoms with Gasteiger partial charge in [-0.2, -0.15) is 5.48 Å². The lowest BCUT2D eigenvalue weighted by Gasteiger charge is -2.26. The maximum Gasteiger partial charge on any atom is 0.124 e. The molecule has 0 aromatic heterocycles. The highest BCUT2D eigenvalue weighted by Crippen LogP contribution is 2.37. The summed E-state index contributed by atoms with van der Waals surface area (Å²) < 4.78 is 25.3. The summed E-state index contributed by atoms with van der Waals surface area (Å²) in [7, 11) is 1.64. The first-order valence-electron chi connectivity index (χ1n) is 8.18.